The van der Waals surface area contributed by atoms with E-state index in [-0.39, 0.29) is 60.7 Å². The third-order valence-corrected chi connectivity index (χ3v) is 4.22. The fraction of sp³-hybridized carbons (Fsp3) is 0.625. The van der Waals surface area contributed by atoms with Gasteiger partial charge in [-0.15, -0.1) is 0 Å². The summed E-state index contributed by atoms with van der Waals surface area (Å²) in [6.45, 7) is 0. The van der Waals surface area contributed by atoms with E-state index in [0.717, 1.165) is 0 Å². The van der Waals surface area contributed by atoms with Gasteiger partial charge in [-0.05, 0) is 18.8 Å². The molecule has 0 aromatic carbocycles. The highest BCUT2D eigenvalue weighted by Crippen LogP contribution is 2.31. The summed E-state index contributed by atoms with van der Waals surface area (Å²) in [6, 6.07) is 0. The Morgan fingerprint density at radius 2 is 1.33 bits per heavy atom. The molecule has 0 amide bonds. The number of hydrogen-bond acceptors (Lipinski definition) is 5. The molecule has 0 heterocycles. The monoisotopic (exact) mass is 290 g/mol. The van der Waals surface area contributed by atoms with Crippen molar-refractivity contribution in [3.05, 3.63) is 5.57 Å². The van der Waals surface area contributed by atoms with Gasteiger partial charge in [0, 0.05) is 37.2 Å². The van der Waals surface area contributed by atoms with E-state index in [9.17, 15) is 24.0 Å². The molecule has 0 aromatic rings. The molecule has 0 N–H and O–H groups in total. The summed E-state index contributed by atoms with van der Waals surface area (Å²) in [6.07, 6.45) is 2.14. The van der Waals surface area contributed by atoms with Crippen molar-refractivity contribution < 1.29 is 24.0 Å². The summed E-state index contributed by atoms with van der Waals surface area (Å²) < 4.78 is 0. The Bertz CT molecular complexity index is 507. The molecule has 112 valence electrons. The van der Waals surface area contributed by atoms with Crippen LogP contribution in [0.2, 0.25) is 0 Å². The summed E-state index contributed by atoms with van der Waals surface area (Å²) >= 11 is 0. The molecule has 0 unspecified atom stereocenters. The smallest absolute Gasteiger partial charge is 0.140 e. The Labute approximate surface area is 122 Å². The first-order chi connectivity index (χ1) is 9.97. The van der Waals surface area contributed by atoms with E-state index in [1.807, 2.05) is 5.94 Å². The highest BCUT2D eigenvalue weighted by atomic mass is 16.2. The minimum absolute atomic E-state index is 0.0263. The molecule has 2 fully saturated rings. The third kappa shape index (κ3) is 4.30. The van der Waals surface area contributed by atoms with Crippen molar-refractivity contribution in [2.75, 3.05) is 0 Å². The normalized spacial score (nSPS) is 21.5. The second-order valence-electron chi connectivity index (χ2n) is 6.05. The third-order valence-electron chi connectivity index (χ3n) is 4.22. The minimum atomic E-state index is -0.341. The molecular formula is C16H18O5. The zero-order chi connectivity index (χ0) is 15.4. The lowest BCUT2D eigenvalue weighted by Gasteiger charge is -2.23. The number of carbonyl (C=O) groups excluding carboxylic acids is 5. The van der Waals surface area contributed by atoms with Crippen molar-refractivity contribution >= 4 is 29.1 Å². The molecule has 0 saturated heterocycles. The first-order valence-electron chi connectivity index (χ1n) is 7.28. The van der Waals surface area contributed by atoms with E-state index in [4.69, 9.17) is 0 Å². The van der Waals surface area contributed by atoms with Crippen molar-refractivity contribution in [3.8, 4) is 0 Å². The van der Waals surface area contributed by atoms with Gasteiger partial charge < -0.3 is 0 Å². The van der Waals surface area contributed by atoms with Gasteiger partial charge in [0.05, 0.1) is 12.8 Å². The highest BCUT2D eigenvalue weighted by molar-refractivity contribution is 6.02. The van der Waals surface area contributed by atoms with Crippen LogP contribution in [0.3, 0.4) is 0 Å². The lowest BCUT2D eigenvalue weighted by atomic mass is 9.78. The lowest BCUT2D eigenvalue weighted by molar-refractivity contribution is -0.132. The second kappa shape index (κ2) is 6.72. The number of carbonyl (C=O) groups is 4. The standard InChI is InChI=1S/C16H18O5/c17-9-11(12-5-15(20)8-16(21)6-12)2-1-10-3-13(18)7-14(19)4-10/h10,12H,1-8H2. The summed E-state index contributed by atoms with van der Waals surface area (Å²) in [5.41, 5.74) is 0.446. The highest BCUT2D eigenvalue weighted by Gasteiger charge is 2.30. The molecule has 5 heteroatoms. The molecule has 0 aromatic heterocycles. The largest absolute Gasteiger partial charge is 0.299 e. The SMILES string of the molecule is O=C=C(CCC1CC(=O)CC(=O)C1)C1CC(=O)CC(=O)C1. The predicted molar refractivity (Wildman–Crippen MR) is 73.2 cm³/mol. The van der Waals surface area contributed by atoms with E-state index < -0.39 is 0 Å². The fourth-order valence-electron chi connectivity index (χ4n) is 3.22. The summed E-state index contributed by atoms with van der Waals surface area (Å²) in [5, 5.41) is 0. The summed E-state index contributed by atoms with van der Waals surface area (Å²) in [5.74, 6) is 1.14. The molecule has 0 spiro atoms. The molecule has 2 aliphatic carbocycles. The molecule has 0 bridgehead atoms. The maximum atomic E-state index is 11.4. The van der Waals surface area contributed by atoms with Crippen LogP contribution in [0, 0.1) is 11.8 Å². The van der Waals surface area contributed by atoms with Crippen LogP contribution in [0.1, 0.15) is 51.4 Å². The van der Waals surface area contributed by atoms with Gasteiger partial charge in [0.15, 0.2) is 0 Å². The van der Waals surface area contributed by atoms with Crippen LogP contribution in [-0.2, 0) is 24.0 Å². The predicted octanol–water partition coefficient (Wildman–Crippen LogP) is 1.40. The first kappa shape index (κ1) is 15.5. The zero-order valence-corrected chi connectivity index (χ0v) is 11.9. The van der Waals surface area contributed by atoms with Crippen LogP contribution in [0.5, 0.6) is 0 Å². The molecule has 5 nitrogen and oxygen atoms in total. The Balaban J connectivity index is 1.92. The van der Waals surface area contributed by atoms with Gasteiger partial charge in [-0.1, -0.05) is 0 Å². The maximum absolute atomic E-state index is 11.4. The number of hydrogen-bond donors (Lipinski definition) is 0. The Hall–Kier alpha value is -1.87. The Morgan fingerprint density at radius 3 is 1.81 bits per heavy atom. The van der Waals surface area contributed by atoms with Crippen molar-refractivity contribution in [2.45, 2.75) is 51.4 Å². The number of rotatable bonds is 4. The van der Waals surface area contributed by atoms with Gasteiger partial charge in [-0.25, -0.2) is 4.79 Å². The molecule has 0 aliphatic heterocycles. The van der Waals surface area contributed by atoms with Gasteiger partial charge in [0.1, 0.15) is 29.1 Å². The van der Waals surface area contributed by atoms with Gasteiger partial charge in [0.25, 0.3) is 0 Å². The van der Waals surface area contributed by atoms with Crippen LogP contribution >= 0.6 is 0 Å². The van der Waals surface area contributed by atoms with Gasteiger partial charge in [-0.2, -0.15) is 0 Å². The molecule has 0 radical (unpaired) electrons. The van der Waals surface area contributed by atoms with E-state index >= 15 is 0 Å². The number of ketones is 4. The van der Waals surface area contributed by atoms with E-state index in [2.05, 4.69) is 0 Å². The zero-order valence-electron chi connectivity index (χ0n) is 11.9. The quantitative estimate of drug-likeness (QED) is 0.577. The lowest BCUT2D eigenvalue weighted by Crippen LogP contribution is -2.25. The molecular weight excluding hydrogens is 272 g/mol. The molecule has 0 atom stereocenters. The van der Waals surface area contributed by atoms with Crippen LogP contribution in [-0.4, -0.2) is 29.1 Å². The van der Waals surface area contributed by atoms with Crippen LogP contribution < -0.4 is 0 Å². The first-order valence-corrected chi connectivity index (χ1v) is 7.28. The average Bonchev–Trinajstić information content (AvgIpc) is 2.37. The maximum Gasteiger partial charge on any atom is 0.140 e. The Morgan fingerprint density at radius 1 is 0.857 bits per heavy atom. The fourth-order valence-corrected chi connectivity index (χ4v) is 3.22. The molecule has 2 aliphatic rings. The molecule has 2 saturated carbocycles. The van der Waals surface area contributed by atoms with E-state index in [1.54, 1.807) is 0 Å². The van der Waals surface area contributed by atoms with Crippen LogP contribution in [0.4, 0.5) is 0 Å². The molecule has 21 heavy (non-hydrogen) atoms. The average molecular weight is 290 g/mol. The van der Waals surface area contributed by atoms with Gasteiger partial charge in [0.2, 0.25) is 0 Å². The number of allylic oxidation sites excluding steroid dienone is 1. The van der Waals surface area contributed by atoms with Crippen molar-refractivity contribution in [3.63, 3.8) is 0 Å². The van der Waals surface area contributed by atoms with Gasteiger partial charge >= 0.3 is 0 Å². The van der Waals surface area contributed by atoms with E-state index in [0.29, 0.717) is 31.3 Å². The van der Waals surface area contributed by atoms with Crippen molar-refractivity contribution in [1.29, 1.82) is 0 Å². The van der Waals surface area contributed by atoms with Gasteiger partial charge in [-0.3, -0.25) is 19.2 Å². The number of Topliss-reactive ketones (excluding diaryl/α,β-unsaturated/α-hetero) is 4. The second-order valence-corrected chi connectivity index (χ2v) is 6.05. The van der Waals surface area contributed by atoms with E-state index in [1.165, 1.54) is 0 Å². The molecule has 2 rings (SSSR count). The van der Waals surface area contributed by atoms with Crippen LogP contribution in [0.15, 0.2) is 5.57 Å². The topological polar surface area (TPSA) is 85.3 Å². The summed E-state index contributed by atoms with van der Waals surface area (Å²) in [4.78, 5) is 56.8. The summed E-state index contributed by atoms with van der Waals surface area (Å²) in [7, 11) is 0. The van der Waals surface area contributed by atoms with Crippen molar-refractivity contribution in [1.82, 2.24) is 0 Å². The minimum Gasteiger partial charge on any atom is -0.299 e. The van der Waals surface area contributed by atoms with Crippen molar-refractivity contribution in [2.24, 2.45) is 11.8 Å². The Kier molecular flexibility index (Phi) is 4.97. The van der Waals surface area contributed by atoms with Crippen LogP contribution in [0.25, 0.3) is 0 Å².